The minimum atomic E-state index is -0.908. The smallest absolute Gasteiger partial charge is 0.171 e. The van der Waals surface area contributed by atoms with E-state index in [4.69, 9.17) is 11.6 Å². The number of carbonyl (C=O) groups is 1. The Morgan fingerprint density at radius 3 is 2.15 bits per heavy atom. The highest BCUT2D eigenvalue weighted by molar-refractivity contribution is 6.30. The molecule has 2 aromatic rings. The molecule has 1 atom stereocenters. The molecule has 0 fully saturated rings. The molecule has 0 saturated heterocycles. The van der Waals surface area contributed by atoms with Crippen LogP contribution < -0.4 is 0 Å². The summed E-state index contributed by atoms with van der Waals surface area (Å²) in [7, 11) is 0. The van der Waals surface area contributed by atoms with Crippen molar-refractivity contribution in [2.45, 2.75) is 20.0 Å². The largest absolute Gasteiger partial charge is 0.387 e. The van der Waals surface area contributed by atoms with Gasteiger partial charge in [0.2, 0.25) is 0 Å². The third-order valence-electron chi connectivity index (χ3n) is 3.49. The maximum Gasteiger partial charge on any atom is 0.171 e. The Balaban J connectivity index is 2.29. The zero-order valence-electron chi connectivity index (χ0n) is 11.5. The lowest BCUT2D eigenvalue weighted by atomic mass is 9.76. The Morgan fingerprint density at radius 2 is 1.60 bits per heavy atom. The molecule has 20 heavy (non-hydrogen) atoms. The van der Waals surface area contributed by atoms with Gasteiger partial charge in [0.05, 0.1) is 11.5 Å². The highest BCUT2D eigenvalue weighted by Gasteiger charge is 2.37. The van der Waals surface area contributed by atoms with Crippen molar-refractivity contribution in [2.24, 2.45) is 5.41 Å². The number of aliphatic hydroxyl groups excluding tert-OH is 1. The molecule has 0 heterocycles. The number of carbonyl (C=O) groups excluding carboxylic acids is 1. The average Bonchev–Trinajstić information content (AvgIpc) is 2.47. The summed E-state index contributed by atoms with van der Waals surface area (Å²) in [5.41, 5.74) is 0.379. The molecule has 0 aromatic heterocycles. The van der Waals surface area contributed by atoms with Gasteiger partial charge in [-0.05, 0) is 31.5 Å². The Kier molecular flexibility index (Phi) is 4.26. The minimum Gasteiger partial charge on any atom is -0.387 e. The number of hydrogen-bond donors (Lipinski definition) is 1. The standard InChI is InChI=1S/C17H17ClO2/c1-17(2,15(19)12-6-4-3-5-7-12)16(20)13-8-10-14(18)11-9-13/h3-11,16,20H,1-2H3. The molecule has 0 radical (unpaired) electrons. The van der Waals surface area contributed by atoms with Gasteiger partial charge in [0.25, 0.3) is 0 Å². The molecule has 0 saturated carbocycles. The first-order valence-electron chi connectivity index (χ1n) is 6.46. The molecule has 1 N–H and O–H groups in total. The number of rotatable bonds is 4. The van der Waals surface area contributed by atoms with Crippen molar-refractivity contribution in [1.82, 2.24) is 0 Å². The Hall–Kier alpha value is -1.64. The van der Waals surface area contributed by atoms with E-state index in [0.29, 0.717) is 16.1 Å². The highest BCUT2D eigenvalue weighted by atomic mass is 35.5. The quantitative estimate of drug-likeness (QED) is 0.853. The number of aliphatic hydroxyl groups is 1. The maximum atomic E-state index is 12.6. The second-order valence-electron chi connectivity index (χ2n) is 5.37. The van der Waals surface area contributed by atoms with E-state index < -0.39 is 11.5 Å². The molecule has 3 heteroatoms. The van der Waals surface area contributed by atoms with E-state index in [2.05, 4.69) is 0 Å². The van der Waals surface area contributed by atoms with E-state index >= 15 is 0 Å². The summed E-state index contributed by atoms with van der Waals surface area (Å²) in [4.78, 5) is 12.6. The Bertz CT molecular complexity index is 588. The molecule has 0 aliphatic rings. The first-order valence-corrected chi connectivity index (χ1v) is 6.84. The predicted molar refractivity (Wildman–Crippen MR) is 81.0 cm³/mol. The molecule has 0 aliphatic carbocycles. The van der Waals surface area contributed by atoms with Gasteiger partial charge in [0, 0.05) is 10.6 Å². The zero-order chi connectivity index (χ0) is 14.8. The van der Waals surface area contributed by atoms with E-state index in [0.717, 1.165) is 0 Å². The second-order valence-corrected chi connectivity index (χ2v) is 5.81. The normalized spacial score (nSPS) is 13.0. The first-order chi connectivity index (χ1) is 9.43. The van der Waals surface area contributed by atoms with Crippen molar-refractivity contribution in [3.63, 3.8) is 0 Å². The lowest BCUT2D eigenvalue weighted by Crippen LogP contribution is -2.31. The molecular formula is C17H17ClO2. The van der Waals surface area contributed by atoms with Crippen molar-refractivity contribution in [1.29, 1.82) is 0 Å². The van der Waals surface area contributed by atoms with Gasteiger partial charge in [-0.1, -0.05) is 54.1 Å². The molecular weight excluding hydrogens is 272 g/mol. The summed E-state index contributed by atoms with van der Waals surface area (Å²) < 4.78 is 0. The SMILES string of the molecule is CC(C)(C(=O)c1ccccc1)C(O)c1ccc(Cl)cc1. The maximum absolute atomic E-state index is 12.6. The average molecular weight is 289 g/mol. The van der Waals surface area contributed by atoms with Crippen LogP contribution in [-0.2, 0) is 0 Å². The molecule has 0 amide bonds. The molecule has 2 aromatic carbocycles. The number of Topliss-reactive ketones (excluding diaryl/α,β-unsaturated/α-hetero) is 1. The van der Waals surface area contributed by atoms with Crippen molar-refractivity contribution in [2.75, 3.05) is 0 Å². The van der Waals surface area contributed by atoms with Gasteiger partial charge in [-0.25, -0.2) is 0 Å². The molecule has 2 nitrogen and oxygen atoms in total. The lowest BCUT2D eigenvalue weighted by Gasteiger charge is -2.29. The molecule has 104 valence electrons. The van der Waals surface area contributed by atoms with E-state index in [1.165, 1.54) is 0 Å². The van der Waals surface area contributed by atoms with Crippen LogP contribution in [0.5, 0.6) is 0 Å². The van der Waals surface area contributed by atoms with Crippen molar-refractivity contribution in [3.8, 4) is 0 Å². The summed E-state index contributed by atoms with van der Waals surface area (Å²) in [5, 5.41) is 11.1. The molecule has 2 rings (SSSR count). The van der Waals surface area contributed by atoms with Crippen LogP contribution in [0.2, 0.25) is 5.02 Å². The number of halogens is 1. The number of benzene rings is 2. The number of ketones is 1. The molecule has 0 bridgehead atoms. The van der Waals surface area contributed by atoms with Crippen LogP contribution in [0.3, 0.4) is 0 Å². The van der Waals surface area contributed by atoms with Gasteiger partial charge in [0.1, 0.15) is 0 Å². The summed E-state index contributed by atoms with van der Waals surface area (Å²) >= 11 is 5.84. The topological polar surface area (TPSA) is 37.3 Å². The minimum absolute atomic E-state index is 0.0828. The lowest BCUT2D eigenvalue weighted by molar-refractivity contribution is 0.0389. The van der Waals surface area contributed by atoms with Crippen LogP contribution in [0.15, 0.2) is 54.6 Å². The van der Waals surface area contributed by atoms with Gasteiger partial charge in [-0.3, -0.25) is 4.79 Å². The van der Waals surface area contributed by atoms with Gasteiger partial charge in [-0.2, -0.15) is 0 Å². The van der Waals surface area contributed by atoms with Crippen molar-refractivity contribution in [3.05, 3.63) is 70.7 Å². The summed E-state index contributed by atoms with van der Waals surface area (Å²) in [6.07, 6.45) is -0.882. The second kappa shape index (κ2) is 5.78. The summed E-state index contributed by atoms with van der Waals surface area (Å²) in [5.74, 6) is -0.0828. The van der Waals surface area contributed by atoms with E-state index in [1.807, 2.05) is 18.2 Å². The van der Waals surface area contributed by atoms with Crippen LogP contribution in [0.1, 0.15) is 35.9 Å². The van der Waals surface area contributed by atoms with E-state index in [9.17, 15) is 9.90 Å². The third kappa shape index (κ3) is 2.92. The van der Waals surface area contributed by atoms with Gasteiger partial charge in [-0.15, -0.1) is 0 Å². The van der Waals surface area contributed by atoms with E-state index in [-0.39, 0.29) is 5.78 Å². The Labute approximate surface area is 124 Å². The van der Waals surface area contributed by atoms with Crippen molar-refractivity contribution < 1.29 is 9.90 Å². The molecule has 0 aliphatic heterocycles. The van der Waals surface area contributed by atoms with Gasteiger partial charge in [0.15, 0.2) is 5.78 Å². The van der Waals surface area contributed by atoms with Crippen LogP contribution in [0.4, 0.5) is 0 Å². The van der Waals surface area contributed by atoms with E-state index in [1.54, 1.807) is 50.2 Å². The monoisotopic (exact) mass is 288 g/mol. The van der Waals surface area contributed by atoms with Gasteiger partial charge < -0.3 is 5.11 Å². The van der Waals surface area contributed by atoms with Gasteiger partial charge >= 0.3 is 0 Å². The fourth-order valence-electron chi connectivity index (χ4n) is 2.15. The molecule has 0 spiro atoms. The zero-order valence-corrected chi connectivity index (χ0v) is 12.3. The highest BCUT2D eigenvalue weighted by Crippen LogP contribution is 2.36. The summed E-state index contributed by atoms with van der Waals surface area (Å²) in [6.45, 7) is 3.50. The fourth-order valence-corrected chi connectivity index (χ4v) is 2.27. The Morgan fingerprint density at radius 1 is 1.05 bits per heavy atom. The molecule has 1 unspecified atom stereocenters. The predicted octanol–water partition coefficient (Wildman–Crippen LogP) is 4.28. The third-order valence-corrected chi connectivity index (χ3v) is 3.74. The van der Waals surface area contributed by atoms with Crippen molar-refractivity contribution >= 4 is 17.4 Å². The first kappa shape index (κ1) is 14.8. The van der Waals surface area contributed by atoms with Crippen LogP contribution in [0.25, 0.3) is 0 Å². The van der Waals surface area contributed by atoms with Crippen LogP contribution >= 0.6 is 11.6 Å². The summed E-state index contributed by atoms with van der Waals surface area (Å²) in [6, 6.07) is 15.9. The van der Waals surface area contributed by atoms with Crippen LogP contribution in [0, 0.1) is 5.41 Å². The number of hydrogen-bond acceptors (Lipinski definition) is 2. The fraction of sp³-hybridized carbons (Fsp3) is 0.235. The van der Waals surface area contributed by atoms with Crippen LogP contribution in [-0.4, -0.2) is 10.9 Å².